The number of methoxy groups -OCH3 is 1. The molecule has 0 unspecified atom stereocenters. The third kappa shape index (κ3) is 5.11. The number of aromatic nitrogens is 3. The fourth-order valence-corrected chi connectivity index (χ4v) is 7.21. The summed E-state index contributed by atoms with van der Waals surface area (Å²) in [6.45, 7) is 0. The molecule has 2 fully saturated rings. The molecule has 1 aromatic carbocycles. The van der Waals surface area contributed by atoms with Gasteiger partial charge in [-0.2, -0.15) is 0 Å². The number of thioether (sulfide) groups is 1. The van der Waals surface area contributed by atoms with Crippen molar-refractivity contribution in [1.29, 1.82) is 0 Å². The monoisotopic (exact) mass is 478 g/mol. The number of sulfone groups is 1. The summed E-state index contributed by atoms with van der Waals surface area (Å²) in [6.07, 6.45) is 5.82. The Hall–Kier alpha value is -2.07. The van der Waals surface area contributed by atoms with Crippen LogP contribution >= 0.6 is 11.8 Å². The van der Waals surface area contributed by atoms with Gasteiger partial charge in [-0.15, -0.1) is 10.2 Å². The van der Waals surface area contributed by atoms with Crippen LogP contribution in [0.25, 0.3) is 11.4 Å². The fourth-order valence-electron chi connectivity index (χ4n) is 4.71. The van der Waals surface area contributed by atoms with Crippen molar-refractivity contribution < 1.29 is 17.9 Å². The van der Waals surface area contributed by atoms with Crippen LogP contribution in [0.2, 0.25) is 0 Å². The summed E-state index contributed by atoms with van der Waals surface area (Å²) in [5.41, 5.74) is 0.887. The van der Waals surface area contributed by atoms with Crippen molar-refractivity contribution in [2.24, 2.45) is 7.05 Å². The number of hydrogen-bond donors (Lipinski definition) is 0. The predicted octanol–water partition coefficient (Wildman–Crippen LogP) is 2.93. The first-order valence-electron chi connectivity index (χ1n) is 11.1. The van der Waals surface area contributed by atoms with Crippen molar-refractivity contribution in [2.45, 2.75) is 55.8 Å². The average Bonchev–Trinajstić information content (AvgIpc) is 3.34. The van der Waals surface area contributed by atoms with E-state index in [1.54, 1.807) is 7.11 Å². The molecule has 2 heterocycles. The van der Waals surface area contributed by atoms with Crippen LogP contribution in [0.5, 0.6) is 5.75 Å². The van der Waals surface area contributed by atoms with Gasteiger partial charge in [0.25, 0.3) is 0 Å². The zero-order valence-electron chi connectivity index (χ0n) is 18.6. The molecule has 4 rings (SSSR count). The second kappa shape index (κ2) is 9.82. The van der Waals surface area contributed by atoms with Gasteiger partial charge in [-0.05, 0) is 31.4 Å². The summed E-state index contributed by atoms with van der Waals surface area (Å²) in [7, 11) is 0.443. The number of rotatable bonds is 7. The molecule has 1 saturated carbocycles. The van der Waals surface area contributed by atoms with Gasteiger partial charge in [-0.25, -0.2) is 8.42 Å². The quantitative estimate of drug-likeness (QED) is 0.565. The van der Waals surface area contributed by atoms with Crippen LogP contribution in [0.4, 0.5) is 0 Å². The fraction of sp³-hybridized carbons (Fsp3) is 0.591. The number of nitrogens with zero attached hydrogens (tertiary/aromatic N) is 4. The summed E-state index contributed by atoms with van der Waals surface area (Å²) in [4.78, 5) is 15.2. The van der Waals surface area contributed by atoms with E-state index in [1.807, 2.05) is 40.8 Å². The van der Waals surface area contributed by atoms with Crippen LogP contribution in [-0.4, -0.2) is 70.4 Å². The Kier molecular flexibility index (Phi) is 7.09. The molecule has 10 heteroatoms. The molecule has 174 valence electrons. The molecule has 1 aliphatic heterocycles. The summed E-state index contributed by atoms with van der Waals surface area (Å²) >= 11 is 1.35. The van der Waals surface area contributed by atoms with Gasteiger partial charge in [-0.3, -0.25) is 4.79 Å². The number of ether oxygens (including phenoxy) is 1. The summed E-state index contributed by atoms with van der Waals surface area (Å²) in [5.74, 6) is 1.92. The van der Waals surface area contributed by atoms with Crippen LogP contribution < -0.4 is 4.74 Å². The number of amides is 1. The molecule has 0 radical (unpaired) electrons. The second-order valence-electron chi connectivity index (χ2n) is 8.54. The lowest BCUT2D eigenvalue weighted by atomic mass is 9.93. The standard InChI is InChI=1S/C22H30N4O4S2/c1-25-21(16-7-6-10-19(13-16)30-2)23-24-22(25)31-14-20(27)26(17-8-4-3-5-9-17)18-11-12-32(28,29)15-18/h6-7,10,13,17-18H,3-5,8-9,11-12,14-15H2,1-2H3/t18-/m0/s1. The molecule has 1 aliphatic carbocycles. The lowest BCUT2D eigenvalue weighted by Gasteiger charge is -2.38. The molecule has 0 spiro atoms. The lowest BCUT2D eigenvalue weighted by molar-refractivity contribution is -0.133. The third-order valence-electron chi connectivity index (χ3n) is 6.35. The average molecular weight is 479 g/mol. The van der Waals surface area contributed by atoms with Gasteiger partial charge in [0, 0.05) is 24.7 Å². The highest BCUT2D eigenvalue weighted by Crippen LogP contribution is 2.30. The number of carbonyl (C=O) groups is 1. The molecule has 2 aliphatic rings. The van der Waals surface area contributed by atoms with Crippen LogP contribution in [0.1, 0.15) is 38.5 Å². The number of carbonyl (C=O) groups excluding carboxylic acids is 1. The highest BCUT2D eigenvalue weighted by atomic mass is 32.2. The zero-order valence-corrected chi connectivity index (χ0v) is 20.2. The highest BCUT2D eigenvalue weighted by Gasteiger charge is 2.38. The van der Waals surface area contributed by atoms with Gasteiger partial charge in [0.2, 0.25) is 5.91 Å². The zero-order chi connectivity index (χ0) is 22.7. The van der Waals surface area contributed by atoms with Gasteiger partial charge in [-0.1, -0.05) is 43.2 Å². The van der Waals surface area contributed by atoms with Crippen LogP contribution in [-0.2, 0) is 21.7 Å². The Morgan fingerprint density at radius 2 is 1.97 bits per heavy atom. The van der Waals surface area contributed by atoms with E-state index in [9.17, 15) is 13.2 Å². The Bertz CT molecular complexity index is 1060. The van der Waals surface area contributed by atoms with Crippen molar-refractivity contribution in [3.8, 4) is 17.1 Å². The molecular formula is C22H30N4O4S2. The predicted molar refractivity (Wildman–Crippen MR) is 124 cm³/mol. The third-order valence-corrected chi connectivity index (χ3v) is 9.10. The minimum absolute atomic E-state index is 0.00469. The van der Waals surface area contributed by atoms with Crippen LogP contribution in [0, 0.1) is 0 Å². The molecule has 0 N–H and O–H groups in total. The Morgan fingerprint density at radius 3 is 2.66 bits per heavy atom. The first-order valence-corrected chi connectivity index (χ1v) is 13.9. The van der Waals surface area contributed by atoms with E-state index in [0.717, 1.165) is 37.0 Å². The molecule has 1 atom stereocenters. The van der Waals surface area contributed by atoms with Crippen LogP contribution in [0.15, 0.2) is 29.4 Å². The maximum Gasteiger partial charge on any atom is 0.233 e. The Balaban J connectivity index is 1.48. The summed E-state index contributed by atoms with van der Waals surface area (Å²) < 4.78 is 31.3. The van der Waals surface area contributed by atoms with E-state index in [0.29, 0.717) is 17.4 Å². The lowest BCUT2D eigenvalue weighted by Crippen LogP contribution is -2.49. The van der Waals surface area contributed by atoms with E-state index in [4.69, 9.17) is 4.74 Å². The van der Waals surface area contributed by atoms with Gasteiger partial charge in [0.05, 0.1) is 24.4 Å². The topological polar surface area (TPSA) is 94.4 Å². The Morgan fingerprint density at radius 1 is 1.19 bits per heavy atom. The normalized spacial score (nSPS) is 20.9. The van der Waals surface area contributed by atoms with Crippen molar-refractivity contribution in [1.82, 2.24) is 19.7 Å². The van der Waals surface area contributed by atoms with Gasteiger partial charge < -0.3 is 14.2 Å². The molecule has 1 aromatic heterocycles. The SMILES string of the molecule is COc1cccc(-c2nnc(SCC(=O)N(C3CCCCC3)[C@H]3CCS(=O)(=O)C3)n2C)c1. The van der Waals surface area contributed by atoms with Crippen molar-refractivity contribution in [3.63, 3.8) is 0 Å². The molecule has 1 saturated heterocycles. The highest BCUT2D eigenvalue weighted by molar-refractivity contribution is 7.99. The Labute approximate surface area is 193 Å². The van der Waals surface area contributed by atoms with Gasteiger partial charge in [0.1, 0.15) is 5.75 Å². The maximum absolute atomic E-state index is 13.3. The molecule has 2 aromatic rings. The molecule has 0 bridgehead atoms. The van der Waals surface area contributed by atoms with Crippen LogP contribution in [0.3, 0.4) is 0 Å². The van der Waals surface area contributed by atoms with Gasteiger partial charge in [0.15, 0.2) is 20.8 Å². The van der Waals surface area contributed by atoms with E-state index in [-0.39, 0.29) is 35.2 Å². The first kappa shape index (κ1) is 23.1. The molecule has 1 amide bonds. The summed E-state index contributed by atoms with van der Waals surface area (Å²) in [5, 5.41) is 9.24. The van der Waals surface area contributed by atoms with E-state index in [2.05, 4.69) is 10.2 Å². The smallest absolute Gasteiger partial charge is 0.233 e. The van der Waals surface area contributed by atoms with E-state index < -0.39 is 9.84 Å². The van der Waals surface area contributed by atoms with Crippen molar-refractivity contribution in [3.05, 3.63) is 24.3 Å². The van der Waals surface area contributed by atoms with Crippen molar-refractivity contribution >= 4 is 27.5 Å². The van der Waals surface area contributed by atoms with Crippen molar-refractivity contribution in [2.75, 3.05) is 24.4 Å². The minimum Gasteiger partial charge on any atom is -0.497 e. The minimum atomic E-state index is -3.06. The molecule has 8 nitrogen and oxygen atoms in total. The number of hydrogen-bond acceptors (Lipinski definition) is 7. The molecule has 32 heavy (non-hydrogen) atoms. The van der Waals surface area contributed by atoms with E-state index in [1.165, 1.54) is 18.2 Å². The molecular weight excluding hydrogens is 448 g/mol. The summed E-state index contributed by atoms with van der Waals surface area (Å²) in [6, 6.07) is 7.55. The number of benzene rings is 1. The van der Waals surface area contributed by atoms with E-state index >= 15 is 0 Å². The first-order chi connectivity index (χ1) is 15.4. The van der Waals surface area contributed by atoms with Gasteiger partial charge >= 0.3 is 0 Å². The largest absolute Gasteiger partial charge is 0.497 e. The second-order valence-corrected chi connectivity index (χ2v) is 11.7. The maximum atomic E-state index is 13.3.